The first-order chi connectivity index (χ1) is 15.5. The van der Waals surface area contributed by atoms with Crippen molar-refractivity contribution in [3.8, 4) is 0 Å². The number of carbonyl (C=O) groups excluding carboxylic acids is 3. The van der Waals surface area contributed by atoms with Crippen molar-refractivity contribution in [2.24, 2.45) is 5.92 Å². The van der Waals surface area contributed by atoms with Gasteiger partial charge in [-0.3, -0.25) is 14.4 Å². The van der Waals surface area contributed by atoms with Crippen molar-refractivity contribution in [3.05, 3.63) is 77.1 Å². The minimum Gasteiger partial charge on any atom is -0.351 e. The number of hydrogen-bond acceptors (Lipinski definition) is 3. The zero-order chi connectivity index (χ0) is 22.0. The molecule has 1 aliphatic heterocycles. The largest absolute Gasteiger partial charge is 0.351 e. The summed E-state index contributed by atoms with van der Waals surface area (Å²) in [6.45, 7) is 2.59. The molecule has 3 aromatic rings. The van der Waals surface area contributed by atoms with E-state index >= 15 is 0 Å². The van der Waals surface area contributed by atoms with Gasteiger partial charge in [-0.15, -0.1) is 0 Å². The van der Waals surface area contributed by atoms with Crippen molar-refractivity contribution in [2.45, 2.75) is 31.6 Å². The predicted octanol–water partition coefficient (Wildman–Crippen LogP) is 4.40. The van der Waals surface area contributed by atoms with E-state index in [-0.39, 0.29) is 23.0 Å². The third kappa shape index (κ3) is 2.62. The molecule has 2 heterocycles. The lowest BCUT2D eigenvalue weighted by atomic mass is 9.81. The van der Waals surface area contributed by atoms with Gasteiger partial charge in [0.05, 0.1) is 0 Å². The zero-order valence-corrected chi connectivity index (χ0v) is 17.8. The van der Waals surface area contributed by atoms with Crippen molar-refractivity contribution in [1.29, 1.82) is 0 Å². The molecule has 3 aliphatic rings. The lowest BCUT2D eigenvalue weighted by Gasteiger charge is -2.29. The Labute approximate surface area is 185 Å². The first-order valence-electron chi connectivity index (χ1n) is 11.1. The number of anilines is 1. The number of benzene rings is 2. The summed E-state index contributed by atoms with van der Waals surface area (Å²) in [6.07, 6.45) is 3.92. The molecular weight excluding hydrogens is 402 g/mol. The molecule has 1 saturated heterocycles. The summed E-state index contributed by atoms with van der Waals surface area (Å²) in [6, 6.07) is 15.2. The van der Waals surface area contributed by atoms with Crippen molar-refractivity contribution in [1.82, 2.24) is 9.88 Å². The topological polar surface area (TPSA) is 82.3 Å². The fourth-order valence-electron chi connectivity index (χ4n) is 5.50. The smallest absolute Gasteiger partial charge is 0.274 e. The zero-order valence-electron chi connectivity index (χ0n) is 17.8. The van der Waals surface area contributed by atoms with Crippen LogP contribution in [0.2, 0.25) is 0 Å². The monoisotopic (exact) mass is 425 g/mol. The summed E-state index contributed by atoms with van der Waals surface area (Å²) in [7, 11) is 0. The van der Waals surface area contributed by atoms with E-state index in [4.69, 9.17) is 0 Å². The van der Waals surface area contributed by atoms with Gasteiger partial charge in [-0.2, -0.15) is 0 Å². The molecule has 2 aliphatic carbocycles. The Hall–Kier alpha value is -3.67. The highest BCUT2D eigenvalue weighted by Gasteiger charge is 2.67. The molecule has 0 bridgehead atoms. The molecule has 0 radical (unpaired) electrons. The van der Waals surface area contributed by atoms with Gasteiger partial charge < -0.3 is 15.2 Å². The lowest BCUT2D eigenvalue weighted by molar-refractivity contribution is -0.116. The summed E-state index contributed by atoms with van der Waals surface area (Å²) < 4.78 is 0. The SMILES string of the molecule is CCCC(=O)Nc1ccc2[nH]c(C(=O)N3C[C@H]4C[C@@]45C3=CC(=O)c3ccccc35)cc2c1. The fourth-order valence-corrected chi connectivity index (χ4v) is 5.50. The number of H-pyrrole nitrogens is 1. The van der Waals surface area contributed by atoms with E-state index in [1.807, 2.05) is 55.5 Å². The van der Waals surface area contributed by atoms with E-state index in [2.05, 4.69) is 10.3 Å². The highest BCUT2D eigenvalue weighted by Crippen LogP contribution is 2.66. The highest BCUT2D eigenvalue weighted by atomic mass is 16.2. The molecule has 0 unspecified atom stereocenters. The maximum atomic E-state index is 13.5. The Bertz CT molecular complexity index is 1350. The first kappa shape index (κ1) is 19.0. The van der Waals surface area contributed by atoms with Crippen molar-refractivity contribution >= 4 is 34.2 Å². The number of carbonyl (C=O) groups is 3. The molecule has 2 fully saturated rings. The Morgan fingerprint density at radius 2 is 2.03 bits per heavy atom. The molecule has 1 aromatic heterocycles. The van der Waals surface area contributed by atoms with Gasteiger partial charge in [0.25, 0.3) is 5.91 Å². The number of rotatable bonds is 4. The average Bonchev–Trinajstić information content (AvgIpc) is 3.18. The Balaban J connectivity index is 1.31. The number of fused-ring (bicyclic) bond motifs is 2. The molecular formula is C26H23N3O3. The molecule has 1 spiro atoms. The Morgan fingerprint density at radius 1 is 1.19 bits per heavy atom. The minimum atomic E-state index is -0.192. The van der Waals surface area contributed by atoms with Crippen LogP contribution in [0.25, 0.3) is 10.9 Å². The second-order valence-electron chi connectivity index (χ2n) is 9.01. The van der Waals surface area contributed by atoms with Crippen LogP contribution in [0, 0.1) is 5.92 Å². The summed E-state index contributed by atoms with van der Waals surface area (Å²) in [5, 5.41) is 3.76. The summed E-state index contributed by atoms with van der Waals surface area (Å²) >= 11 is 0. The van der Waals surface area contributed by atoms with E-state index in [1.165, 1.54) is 0 Å². The highest BCUT2D eigenvalue weighted by molar-refractivity contribution is 6.10. The molecule has 2 N–H and O–H groups in total. The van der Waals surface area contributed by atoms with Crippen molar-refractivity contribution < 1.29 is 14.4 Å². The van der Waals surface area contributed by atoms with Gasteiger partial charge in [-0.1, -0.05) is 31.2 Å². The van der Waals surface area contributed by atoms with Crippen LogP contribution in [0.3, 0.4) is 0 Å². The molecule has 2 amide bonds. The van der Waals surface area contributed by atoms with Crippen LogP contribution in [0.15, 0.2) is 60.3 Å². The standard InChI is InChI=1S/C26H23N3O3/c1-2-5-24(31)27-17-8-9-20-15(10-17)11-21(28-20)25(32)29-14-16-13-26(16)19-7-4-3-6-18(19)22(30)12-23(26)29/h3-4,6-12,16,28H,2,5,13-14H2,1H3,(H,27,31)/t16-,26-/m1/s1. The minimum absolute atomic E-state index is 0.0190. The third-order valence-corrected chi connectivity index (χ3v) is 7.05. The normalized spacial score (nSPS) is 22.8. The third-order valence-electron chi connectivity index (χ3n) is 7.05. The Kier molecular flexibility index (Phi) is 3.97. The number of likely N-dealkylation sites (tertiary alicyclic amines) is 1. The van der Waals surface area contributed by atoms with Crippen LogP contribution in [-0.4, -0.2) is 34.0 Å². The van der Waals surface area contributed by atoms with E-state index in [1.54, 1.807) is 11.0 Å². The number of nitrogens with zero attached hydrogens (tertiary/aromatic N) is 1. The van der Waals surface area contributed by atoms with Gasteiger partial charge in [0.2, 0.25) is 5.91 Å². The van der Waals surface area contributed by atoms with Gasteiger partial charge in [0.1, 0.15) is 5.69 Å². The molecule has 6 nitrogen and oxygen atoms in total. The summed E-state index contributed by atoms with van der Waals surface area (Å²) in [5.41, 5.74) is 4.50. The molecule has 2 atom stereocenters. The van der Waals surface area contributed by atoms with Gasteiger partial charge >= 0.3 is 0 Å². The van der Waals surface area contributed by atoms with Crippen LogP contribution in [0.5, 0.6) is 0 Å². The molecule has 6 heteroatoms. The first-order valence-corrected chi connectivity index (χ1v) is 11.1. The number of piperidine rings is 1. The molecule has 1 saturated carbocycles. The lowest BCUT2D eigenvalue weighted by Crippen LogP contribution is -2.33. The second kappa shape index (κ2) is 6.66. The molecule has 160 valence electrons. The molecule has 6 rings (SSSR count). The van der Waals surface area contributed by atoms with Crippen LogP contribution in [0.1, 0.15) is 52.6 Å². The number of aromatic nitrogens is 1. The Morgan fingerprint density at radius 3 is 2.88 bits per heavy atom. The van der Waals surface area contributed by atoms with E-state index in [0.717, 1.165) is 40.6 Å². The fraction of sp³-hybridized carbons (Fsp3) is 0.269. The van der Waals surface area contributed by atoms with E-state index in [0.29, 0.717) is 30.3 Å². The van der Waals surface area contributed by atoms with Crippen LogP contribution >= 0.6 is 0 Å². The van der Waals surface area contributed by atoms with Crippen LogP contribution < -0.4 is 5.32 Å². The van der Waals surface area contributed by atoms with Crippen molar-refractivity contribution in [3.63, 3.8) is 0 Å². The van der Waals surface area contributed by atoms with Crippen LogP contribution in [-0.2, 0) is 10.2 Å². The van der Waals surface area contributed by atoms with Crippen LogP contribution in [0.4, 0.5) is 5.69 Å². The number of nitrogens with one attached hydrogen (secondary N) is 2. The number of amides is 2. The number of hydrogen-bond donors (Lipinski definition) is 2. The number of aromatic amines is 1. The maximum Gasteiger partial charge on any atom is 0.274 e. The van der Waals surface area contributed by atoms with Crippen molar-refractivity contribution in [2.75, 3.05) is 11.9 Å². The second-order valence-corrected chi connectivity index (χ2v) is 9.01. The van der Waals surface area contributed by atoms with Gasteiger partial charge in [0.15, 0.2) is 5.78 Å². The summed E-state index contributed by atoms with van der Waals surface area (Å²) in [5.74, 6) is 0.185. The van der Waals surface area contributed by atoms with Gasteiger partial charge in [0, 0.05) is 52.3 Å². The van der Waals surface area contributed by atoms with Gasteiger partial charge in [-0.25, -0.2) is 0 Å². The quantitative estimate of drug-likeness (QED) is 0.650. The molecule has 32 heavy (non-hydrogen) atoms. The average molecular weight is 425 g/mol. The molecule has 2 aromatic carbocycles. The number of ketones is 1. The van der Waals surface area contributed by atoms with E-state index in [9.17, 15) is 14.4 Å². The van der Waals surface area contributed by atoms with E-state index < -0.39 is 0 Å². The maximum absolute atomic E-state index is 13.5. The predicted molar refractivity (Wildman–Crippen MR) is 122 cm³/mol. The van der Waals surface area contributed by atoms with Gasteiger partial charge in [-0.05, 0) is 48.6 Å². The summed E-state index contributed by atoms with van der Waals surface area (Å²) in [4.78, 5) is 43.1. The number of allylic oxidation sites excluding steroid dienone is 2.